The molecule has 0 unspecified atom stereocenters. The number of carbonyl (C=O) groups is 2. The van der Waals surface area contributed by atoms with E-state index in [9.17, 15) is 14.4 Å². The number of hydrogen-bond donors (Lipinski definition) is 0. The van der Waals surface area contributed by atoms with Crippen LogP contribution >= 0.6 is 0 Å². The Kier molecular flexibility index (Phi) is 10.1. The van der Waals surface area contributed by atoms with Crippen molar-refractivity contribution in [3.63, 3.8) is 0 Å². The van der Waals surface area contributed by atoms with Gasteiger partial charge in [0.2, 0.25) is 0 Å². The van der Waals surface area contributed by atoms with E-state index in [2.05, 4.69) is 23.8 Å². The van der Waals surface area contributed by atoms with Crippen molar-refractivity contribution in [2.75, 3.05) is 39.8 Å². The van der Waals surface area contributed by atoms with Crippen molar-refractivity contribution in [2.24, 2.45) is 0 Å². The normalized spacial score (nSPS) is 10.9. The molecule has 8 heteroatoms. The van der Waals surface area contributed by atoms with E-state index in [0.29, 0.717) is 24.4 Å². The molecule has 0 aliphatic heterocycles. The fourth-order valence-corrected chi connectivity index (χ4v) is 4.04. The lowest BCUT2D eigenvalue weighted by Crippen LogP contribution is -2.36. The summed E-state index contributed by atoms with van der Waals surface area (Å²) in [5.41, 5.74) is 3.52. The molecule has 0 aliphatic rings. The van der Waals surface area contributed by atoms with Crippen LogP contribution in [-0.2, 0) is 22.5 Å². The van der Waals surface area contributed by atoms with Crippen molar-refractivity contribution in [3.05, 3.63) is 87.7 Å². The van der Waals surface area contributed by atoms with Crippen LogP contribution in [-0.4, -0.2) is 71.3 Å². The summed E-state index contributed by atoms with van der Waals surface area (Å²) < 4.78 is 6.42. The summed E-state index contributed by atoms with van der Waals surface area (Å²) in [6.07, 6.45) is 0.180. The second-order valence-electron chi connectivity index (χ2n) is 8.85. The molecule has 2 aromatic carbocycles. The molecule has 3 aromatic rings. The Labute approximate surface area is 218 Å². The molecule has 0 saturated carbocycles. The van der Waals surface area contributed by atoms with Crippen molar-refractivity contribution in [3.8, 4) is 11.3 Å². The monoisotopic (exact) mass is 504 g/mol. The maximum Gasteiger partial charge on any atom is 0.310 e. The van der Waals surface area contributed by atoms with E-state index in [4.69, 9.17) is 4.74 Å². The molecule has 0 radical (unpaired) electrons. The van der Waals surface area contributed by atoms with Crippen LogP contribution in [0.5, 0.6) is 0 Å². The van der Waals surface area contributed by atoms with Gasteiger partial charge in [0.05, 0.1) is 25.3 Å². The van der Waals surface area contributed by atoms with Gasteiger partial charge < -0.3 is 14.5 Å². The van der Waals surface area contributed by atoms with E-state index in [-0.39, 0.29) is 30.4 Å². The van der Waals surface area contributed by atoms with Gasteiger partial charge >= 0.3 is 5.97 Å². The molecule has 0 fully saturated rings. The number of nitrogens with zero attached hydrogens (tertiary/aromatic N) is 4. The highest BCUT2D eigenvalue weighted by Gasteiger charge is 2.13. The summed E-state index contributed by atoms with van der Waals surface area (Å²) in [5.74, 6) is -0.312. The zero-order chi connectivity index (χ0) is 26.8. The Morgan fingerprint density at radius 1 is 0.919 bits per heavy atom. The minimum Gasteiger partial charge on any atom is -0.466 e. The predicted molar refractivity (Wildman–Crippen MR) is 145 cm³/mol. The zero-order valence-electron chi connectivity index (χ0n) is 22.1. The van der Waals surface area contributed by atoms with Gasteiger partial charge in [0, 0.05) is 37.3 Å². The van der Waals surface area contributed by atoms with E-state index in [1.54, 1.807) is 30.0 Å². The first-order valence-corrected chi connectivity index (χ1v) is 12.7. The van der Waals surface area contributed by atoms with E-state index >= 15 is 0 Å². The van der Waals surface area contributed by atoms with Gasteiger partial charge in [-0.3, -0.25) is 14.4 Å². The van der Waals surface area contributed by atoms with Gasteiger partial charge in [0.1, 0.15) is 0 Å². The molecule has 37 heavy (non-hydrogen) atoms. The highest BCUT2D eigenvalue weighted by molar-refractivity contribution is 5.94. The van der Waals surface area contributed by atoms with Gasteiger partial charge in [0.15, 0.2) is 0 Å². The molecule has 0 saturated heterocycles. The second kappa shape index (κ2) is 13.5. The number of hydrogen-bond acceptors (Lipinski definition) is 6. The number of likely N-dealkylation sites (N-methyl/N-ethyl adjacent to an activating group) is 2. The topological polar surface area (TPSA) is 84.7 Å². The number of esters is 1. The van der Waals surface area contributed by atoms with Crippen LogP contribution in [0.4, 0.5) is 0 Å². The fraction of sp³-hybridized carbons (Fsp3) is 0.379. The van der Waals surface area contributed by atoms with Crippen LogP contribution in [0.3, 0.4) is 0 Å². The highest BCUT2D eigenvalue weighted by atomic mass is 16.5. The summed E-state index contributed by atoms with van der Waals surface area (Å²) in [6.45, 7) is 10.0. The number of ether oxygens (including phenoxy) is 1. The first-order chi connectivity index (χ1) is 17.8. The summed E-state index contributed by atoms with van der Waals surface area (Å²) in [4.78, 5) is 41.2. The largest absolute Gasteiger partial charge is 0.466 e. The van der Waals surface area contributed by atoms with Crippen molar-refractivity contribution >= 4 is 11.9 Å². The molecule has 0 N–H and O–H groups in total. The third-order valence-electron chi connectivity index (χ3n) is 6.26. The molecular weight excluding hydrogens is 468 g/mol. The summed E-state index contributed by atoms with van der Waals surface area (Å²) >= 11 is 0. The van der Waals surface area contributed by atoms with Gasteiger partial charge in [-0.05, 0) is 49.3 Å². The van der Waals surface area contributed by atoms with Gasteiger partial charge in [0.25, 0.3) is 11.5 Å². The third-order valence-corrected chi connectivity index (χ3v) is 6.26. The Hall–Kier alpha value is -3.78. The quantitative estimate of drug-likeness (QED) is 0.351. The summed E-state index contributed by atoms with van der Waals surface area (Å²) in [5, 5.41) is 4.55. The molecule has 0 spiro atoms. The minimum atomic E-state index is -0.283. The second-order valence-corrected chi connectivity index (χ2v) is 8.85. The van der Waals surface area contributed by atoms with Crippen LogP contribution in [0.15, 0.2) is 65.5 Å². The van der Waals surface area contributed by atoms with Gasteiger partial charge in [-0.25, -0.2) is 4.68 Å². The first-order valence-electron chi connectivity index (χ1n) is 12.7. The predicted octanol–water partition coefficient (Wildman–Crippen LogP) is 3.48. The average Bonchev–Trinajstić information content (AvgIpc) is 2.90. The highest BCUT2D eigenvalue weighted by Crippen LogP contribution is 2.17. The number of benzene rings is 2. The number of rotatable bonds is 12. The maximum atomic E-state index is 12.8. The molecule has 8 nitrogen and oxygen atoms in total. The lowest BCUT2D eigenvalue weighted by molar-refractivity contribution is -0.142. The standard InChI is InChI=1S/C29H36N4O4/c1-5-32(6-2)18-17-31(4)29(36)25-13-11-24(12-14-25)26-15-16-27(34)33(30-26)21-23-10-8-9-22(19-23)20-28(35)37-7-3/h8-16,19H,5-7,17-18,20-21H2,1-4H3. The van der Waals surface area contributed by atoms with Crippen molar-refractivity contribution in [1.82, 2.24) is 19.6 Å². The van der Waals surface area contributed by atoms with Crippen LogP contribution in [0.2, 0.25) is 0 Å². The average molecular weight is 505 g/mol. The molecule has 1 aromatic heterocycles. The lowest BCUT2D eigenvalue weighted by atomic mass is 10.1. The van der Waals surface area contributed by atoms with Crippen LogP contribution in [0.1, 0.15) is 42.3 Å². The van der Waals surface area contributed by atoms with Crippen molar-refractivity contribution < 1.29 is 14.3 Å². The molecule has 1 heterocycles. The van der Waals surface area contributed by atoms with Crippen LogP contribution < -0.4 is 5.56 Å². The van der Waals surface area contributed by atoms with Crippen molar-refractivity contribution in [1.29, 1.82) is 0 Å². The summed E-state index contributed by atoms with van der Waals surface area (Å²) in [7, 11) is 1.82. The Balaban J connectivity index is 1.71. The zero-order valence-corrected chi connectivity index (χ0v) is 22.1. The maximum absolute atomic E-state index is 12.8. The van der Waals surface area contributed by atoms with E-state index in [0.717, 1.165) is 36.3 Å². The summed E-state index contributed by atoms with van der Waals surface area (Å²) in [6, 6.07) is 18.0. The van der Waals surface area contributed by atoms with Crippen molar-refractivity contribution in [2.45, 2.75) is 33.7 Å². The van der Waals surface area contributed by atoms with Gasteiger partial charge in [-0.2, -0.15) is 5.10 Å². The first kappa shape index (κ1) is 27.8. The molecular formula is C29H36N4O4. The van der Waals surface area contributed by atoms with E-state index < -0.39 is 0 Å². The van der Waals surface area contributed by atoms with E-state index in [1.807, 2.05) is 43.4 Å². The number of aromatic nitrogens is 2. The Morgan fingerprint density at radius 2 is 1.62 bits per heavy atom. The van der Waals surface area contributed by atoms with Gasteiger partial charge in [-0.1, -0.05) is 50.2 Å². The minimum absolute atomic E-state index is 0.0284. The fourth-order valence-electron chi connectivity index (χ4n) is 4.04. The number of amides is 1. The van der Waals surface area contributed by atoms with Crippen LogP contribution in [0, 0.1) is 0 Å². The van der Waals surface area contributed by atoms with Crippen LogP contribution in [0.25, 0.3) is 11.3 Å². The molecule has 3 rings (SSSR count). The lowest BCUT2D eigenvalue weighted by Gasteiger charge is -2.23. The Bertz CT molecular complexity index is 1250. The smallest absolute Gasteiger partial charge is 0.310 e. The van der Waals surface area contributed by atoms with Gasteiger partial charge in [-0.15, -0.1) is 0 Å². The molecule has 0 bridgehead atoms. The van der Waals surface area contributed by atoms with E-state index in [1.165, 1.54) is 10.7 Å². The third kappa shape index (κ3) is 7.85. The molecule has 1 amide bonds. The molecule has 0 aliphatic carbocycles. The molecule has 196 valence electrons. The number of carbonyl (C=O) groups excluding carboxylic acids is 2. The Morgan fingerprint density at radius 3 is 2.30 bits per heavy atom. The SMILES string of the molecule is CCOC(=O)Cc1cccc(Cn2nc(-c3ccc(C(=O)N(C)CCN(CC)CC)cc3)ccc2=O)c1. The molecule has 0 atom stereocenters.